The van der Waals surface area contributed by atoms with Gasteiger partial charge in [0.1, 0.15) is 0 Å². The van der Waals surface area contributed by atoms with E-state index >= 15 is 0 Å². The van der Waals surface area contributed by atoms with Gasteiger partial charge in [-0.25, -0.2) is 0 Å². The molecule has 0 radical (unpaired) electrons. The van der Waals surface area contributed by atoms with Gasteiger partial charge in [-0.1, -0.05) is 66.7 Å². The van der Waals surface area contributed by atoms with Crippen LogP contribution in [-0.4, -0.2) is 11.4 Å². The quantitative estimate of drug-likeness (QED) is 0.714. The Morgan fingerprint density at radius 3 is 2.23 bits per heavy atom. The van der Waals surface area contributed by atoms with Crippen LogP contribution in [-0.2, 0) is 6.42 Å². The molecule has 0 amide bonds. The molecule has 2 aromatic carbocycles. The lowest BCUT2D eigenvalue weighted by molar-refractivity contribution is 0.587. The lowest BCUT2D eigenvalue weighted by atomic mass is 9.70. The number of hydrogen-bond acceptors (Lipinski definition) is 2. The van der Waals surface area contributed by atoms with Gasteiger partial charge in [0.05, 0.1) is 16.8 Å². The lowest BCUT2D eigenvalue weighted by Crippen LogP contribution is -2.37. The van der Waals surface area contributed by atoms with Crippen molar-refractivity contribution in [2.45, 2.75) is 19.8 Å². The van der Waals surface area contributed by atoms with Gasteiger partial charge in [-0.15, -0.1) is 6.58 Å². The second-order valence-corrected chi connectivity index (χ2v) is 5.74. The third kappa shape index (κ3) is 2.52. The molecule has 0 aromatic heterocycles. The molecule has 1 heterocycles. The first kappa shape index (κ1) is 14.5. The average molecular weight is 288 g/mol. The van der Waals surface area contributed by atoms with Crippen LogP contribution >= 0.6 is 0 Å². The van der Waals surface area contributed by atoms with Crippen LogP contribution in [0.15, 0.2) is 83.5 Å². The van der Waals surface area contributed by atoms with Crippen molar-refractivity contribution in [1.82, 2.24) is 0 Å². The number of hydrogen-bond donors (Lipinski definition) is 0. The van der Waals surface area contributed by atoms with Gasteiger partial charge in [0.15, 0.2) is 0 Å². The van der Waals surface area contributed by atoms with Gasteiger partial charge >= 0.3 is 0 Å². The summed E-state index contributed by atoms with van der Waals surface area (Å²) in [6.45, 7) is 6.04. The van der Waals surface area contributed by atoms with Crippen molar-refractivity contribution in [3.8, 4) is 0 Å². The maximum absolute atomic E-state index is 4.51. The fourth-order valence-corrected chi connectivity index (χ4v) is 3.14. The molecule has 0 aliphatic carbocycles. The van der Waals surface area contributed by atoms with Crippen molar-refractivity contribution >= 4 is 11.4 Å². The van der Waals surface area contributed by atoms with E-state index in [0.717, 1.165) is 29.8 Å². The van der Waals surface area contributed by atoms with E-state index in [-0.39, 0.29) is 5.41 Å². The van der Waals surface area contributed by atoms with Crippen LogP contribution in [0, 0.1) is 5.41 Å². The van der Waals surface area contributed by atoms with Crippen molar-refractivity contribution in [2.75, 3.05) is 0 Å². The van der Waals surface area contributed by atoms with Gasteiger partial charge in [-0.05, 0) is 30.9 Å². The fourth-order valence-electron chi connectivity index (χ4n) is 3.14. The third-order valence-corrected chi connectivity index (χ3v) is 4.33. The van der Waals surface area contributed by atoms with Crippen LogP contribution < -0.4 is 0 Å². The highest BCUT2D eigenvalue weighted by molar-refractivity contribution is 6.20. The van der Waals surface area contributed by atoms with Crippen LogP contribution in [0.2, 0.25) is 0 Å². The molecule has 0 fully saturated rings. The molecule has 2 aromatic rings. The Bertz CT molecular complexity index is 714. The zero-order valence-electron chi connectivity index (χ0n) is 12.9. The zero-order chi connectivity index (χ0) is 15.4. The van der Waals surface area contributed by atoms with Crippen molar-refractivity contribution in [1.29, 1.82) is 0 Å². The van der Waals surface area contributed by atoms with Gasteiger partial charge < -0.3 is 0 Å². The molecular formula is C20H20N2. The molecule has 2 heteroatoms. The predicted molar refractivity (Wildman–Crippen MR) is 93.5 cm³/mol. The van der Waals surface area contributed by atoms with E-state index in [1.807, 2.05) is 30.3 Å². The molecule has 1 aliphatic rings. The van der Waals surface area contributed by atoms with Gasteiger partial charge in [0, 0.05) is 0 Å². The average Bonchev–Trinajstić information content (AvgIpc) is 2.86. The van der Waals surface area contributed by atoms with E-state index in [1.165, 1.54) is 5.56 Å². The fraction of sp³-hybridized carbons (Fsp3) is 0.200. The van der Waals surface area contributed by atoms with Crippen LogP contribution in [0.1, 0.15) is 24.5 Å². The van der Waals surface area contributed by atoms with Gasteiger partial charge in [-0.2, -0.15) is 10.2 Å². The summed E-state index contributed by atoms with van der Waals surface area (Å²) >= 11 is 0. The highest BCUT2D eigenvalue weighted by Crippen LogP contribution is 2.38. The maximum atomic E-state index is 4.51. The predicted octanol–water partition coefficient (Wildman–Crippen LogP) is 4.67. The molecule has 2 nitrogen and oxygen atoms in total. The smallest absolute Gasteiger partial charge is 0.0827 e. The molecule has 3 rings (SSSR count). The summed E-state index contributed by atoms with van der Waals surface area (Å²) in [4.78, 5) is 0. The maximum Gasteiger partial charge on any atom is 0.0827 e. The van der Waals surface area contributed by atoms with E-state index in [9.17, 15) is 0 Å². The molecule has 1 unspecified atom stereocenters. The Morgan fingerprint density at radius 1 is 0.955 bits per heavy atom. The van der Waals surface area contributed by atoms with E-state index in [1.54, 1.807) is 0 Å². The molecule has 110 valence electrons. The highest BCUT2D eigenvalue weighted by Gasteiger charge is 2.42. The topological polar surface area (TPSA) is 24.7 Å². The zero-order valence-corrected chi connectivity index (χ0v) is 12.9. The van der Waals surface area contributed by atoms with Crippen molar-refractivity contribution in [3.05, 3.63) is 84.4 Å². The summed E-state index contributed by atoms with van der Waals surface area (Å²) in [6.07, 6.45) is 3.71. The largest absolute Gasteiger partial charge is 0.159 e. The van der Waals surface area contributed by atoms with Crippen LogP contribution in [0.4, 0.5) is 0 Å². The number of benzene rings is 2. The minimum absolute atomic E-state index is 0.190. The molecule has 1 aliphatic heterocycles. The molecule has 0 bridgehead atoms. The van der Waals surface area contributed by atoms with Crippen molar-refractivity contribution in [3.63, 3.8) is 0 Å². The summed E-state index contributed by atoms with van der Waals surface area (Å²) in [5.41, 5.74) is 4.36. The number of nitrogens with zero attached hydrogens (tertiary/aromatic N) is 2. The van der Waals surface area contributed by atoms with E-state index in [2.05, 4.69) is 60.1 Å². The number of rotatable bonds is 5. The summed E-state index contributed by atoms with van der Waals surface area (Å²) in [7, 11) is 0. The van der Waals surface area contributed by atoms with Gasteiger partial charge in [0.25, 0.3) is 0 Å². The highest BCUT2D eigenvalue weighted by atomic mass is 15.2. The first-order valence-corrected chi connectivity index (χ1v) is 7.60. The third-order valence-electron chi connectivity index (χ3n) is 4.33. The molecule has 1 atom stereocenters. The minimum atomic E-state index is -0.190. The first-order valence-electron chi connectivity index (χ1n) is 7.60. The molecule has 0 N–H and O–H groups in total. The van der Waals surface area contributed by atoms with E-state index in [0.29, 0.717) is 0 Å². The van der Waals surface area contributed by atoms with Crippen LogP contribution in [0.3, 0.4) is 0 Å². The molecule has 22 heavy (non-hydrogen) atoms. The number of allylic oxidation sites excluding steroid dienone is 1. The first-order chi connectivity index (χ1) is 10.8. The Kier molecular flexibility index (Phi) is 4.01. The molecule has 0 saturated carbocycles. The summed E-state index contributed by atoms with van der Waals surface area (Å²) in [5.74, 6) is 0. The lowest BCUT2D eigenvalue weighted by Gasteiger charge is -2.30. The second-order valence-electron chi connectivity index (χ2n) is 5.74. The van der Waals surface area contributed by atoms with E-state index < -0.39 is 0 Å². The second kappa shape index (κ2) is 6.10. The van der Waals surface area contributed by atoms with Gasteiger partial charge in [0.2, 0.25) is 0 Å². The summed E-state index contributed by atoms with van der Waals surface area (Å²) in [6, 6.07) is 20.9. The molecule has 0 spiro atoms. The summed E-state index contributed by atoms with van der Waals surface area (Å²) in [5, 5.41) is 8.93. The molecule has 0 saturated heterocycles. The normalized spacial score (nSPS) is 20.4. The molecular weight excluding hydrogens is 268 g/mol. The SMILES string of the molecule is C=CCC1(Cc2ccccc2)C(C)=NN=C1c1ccccc1. The van der Waals surface area contributed by atoms with Crippen LogP contribution in [0.25, 0.3) is 0 Å². The van der Waals surface area contributed by atoms with E-state index in [4.69, 9.17) is 0 Å². The Balaban J connectivity index is 2.05. The van der Waals surface area contributed by atoms with Crippen LogP contribution in [0.5, 0.6) is 0 Å². The minimum Gasteiger partial charge on any atom is -0.159 e. The van der Waals surface area contributed by atoms with Crippen molar-refractivity contribution < 1.29 is 0 Å². The van der Waals surface area contributed by atoms with Gasteiger partial charge in [-0.3, -0.25) is 0 Å². The summed E-state index contributed by atoms with van der Waals surface area (Å²) < 4.78 is 0. The Labute approximate surface area is 131 Å². The Hall–Kier alpha value is -2.48. The monoisotopic (exact) mass is 288 g/mol. The standard InChI is InChI=1S/C20H20N2/c1-3-14-20(15-17-10-6-4-7-11-17)16(2)21-22-19(20)18-12-8-5-9-13-18/h3-13H,1,14-15H2,2H3. The van der Waals surface area contributed by atoms with Crippen molar-refractivity contribution in [2.24, 2.45) is 15.6 Å². The Morgan fingerprint density at radius 2 is 1.59 bits per heavy atom.